The van der Waals surface area contributed by atoms with Gasteiger partial charge >= 0.3 is 0 Å². The molecule has 190 valence electrons. The first kappa shape index (κ1) is 28.8. The summed E-state index contributed by atoms with van der Waals surface area (Å²) in [6.07, 6.45) is 13.0. The van der Waals surface area contributed by atoms with Gasteiger partial charge in [0, 0.05) is 22.3 Å². The van der Waals surface area contributed by atoms with Crippen LogP contribution in [0, 0.1) is 10.8 Å². The summed E-state index contributed by atoms with van der Waals surface area (Å²) in [5.74, 6) is -0.0326. The highest BCUT2D eigenvalue weighted by molar-refractivity contribution is 6.26. The van der Waals surface area contributed by atoms with E-state index in [1.54, 1.807) is 19.1 Å². The highest BCUT2D eigenvalue weighted by Crippen LogP contribution is 2.38. The maximum absolute atomic E-state index is 13.1. The van der Waals surface area contributed by atoms with Gasteiger partial charge < -0.3 is 0 Å². The molecule has 1 atom stereocenters. The number of hydrogen-bond acceptors (Lipinski definition) is 2. The van der Waals surface area contributed by atoms with Crippen LogP contribution in [0.2, 0.25) is 0 Å². The molecule has 1 aliphatic carbocycles. The van der Waals surface area contributed by atoms with Crippen LogP contribution >= 0.6 is 0 Å². The summed E-state index contributed by atoms with van der Waals surface area (Å²) in [6, 6.07) is 7.16. The van der Waals surface area contributed by atoms with Gasteiger partial charge in [0.25, 0.3) is 0 Å². The number of Topliss-reactive ketones (excluding diaryl/α,β-unsaturated/α-hetero) is 2. The summed E-state index contributed by atoms with van der Waals surface area (Å²) in [5.41, 5.74) is 6.70. The van der Waals surface area contributed by atoms with Crippen LogP contribution < -0.4 is 0 Å². The average Bonchev–Trinajstić information content (AvgIpc) is 2.81. The molecule has 2 rings (SSSR count). The van der Waals surface area contributed by atoms with E-state index in [0.717, 1.165) is 25.7 Å². The number of fused-ring (bicyclic) bond motifs is 1. The fourth-order valence-electron chi connectivity index (χ4n) is 4.75. The molecule has 1 aliphatic rings. The van der Waals surface area contributed by atoms with E-state index in [2.05, 4.69) is 73.6 Å². The van der Waals surface area contributed by atoms with Crippen LogP contribution in [0.5, 0.6) is 0 Å². The Balaban J connectivity index is 2.08. The second-order valence-electron chi connectivity index (χ2n) is 11.4. The zero-order chi connectivity index (χ0) is 26.4. The number of carbonyl (C=O) groups excluding carboxylic acids is 2. The third-order valence-electron chi connectivity index (χ3n) is 8.36. The standard InChI is InChI=1S/C33H46O2/c1-10-33(9,22-13-15-23(2)3)25(5)16-14-21-32(7,8)24(4)19-20-27-26(6)30(34)28-17-11-12-18-29(28)31(27)35/h11-12,15-19H,10,13-14,20-22H2,1-9H3/b24-19+,25-16+. The molecule has 2 nitrogen and oxygen atoms in total. The number of carbonyl (C=O) groups is 2. The zero-order valence-electron chi connectivity index (χ0n) is 23.6. The van der Waals surface area contributed by atoms with Crippen LogP contribution in [0.25, 0.3) is 0 Å². The molecular weight excluding hydrogens is 428 g/mol. The highest BCUT2D eigenvalue weighted by Gasteiger charge is 2.29. The Morgan fingerprint density at radius 3 is 1.94 bits per heavy atom. The number of ketones is 2. The Hall–Kier alpha value is -2.48. The molecule has 0 heterocycles. The summed E-state index contributed by atoms with van der Waals surface area (Å²) in [5, 5.41) is 0. The Morgan fingerprint density at radius 1 is 0.800 bits per heavy atom. The second-order valence-corrected chi connectivity index (χ2v) is 11.4. The van der Waals surface area contributed by atoms with E-state index in [0.29, 0.717) is 28.7 Å². The van der Waals surface area contributed by atoms with Crippen molar-refractivity contribution >= 4 is 11.6 Å². The van der Waals surface area contributed by atoms with Gasteiger partial charge in [-0.05, 0) is 84.0 Å². The monoisotopic (exact) mass is 474 g/mol. The van der Waals surface area contributed by atoms with Crippen LogP contribution in [0.4, 0.5) is 0 Å². The SMILES string of the molecule is CCC(C)(CCC=C(C)C)/C(C)=C/CCC(C)(C)/C(C)=C/CC1=C(C)C(=O)c2ccccc2C1=O. The summed E-state index contributed by atoms with van der Waals surface area (Å²) < 4.78 is 0. The van der Waals surface area contributed by atoms with Gasteiger partial charge in [0.2, 0.25) is 0 Å². The lowest BCUT2D eigenvalue weighted by molar-refractivity contribution is 0.0973. The van der Waals surface area contributed by atoms with E-state index in [-0.39, 0.29) is 22.4 Å². The molecule has 0 bridgehead atoms. The van der Waals surface area contributed by atoms with E-state index >= 15 is 0 Å². The normalized spacial score (nSPS) is 16.8. The molecule has 0 fully saturated rings. The molecule has 0 aromatic heterocycles. The topological polar surface area (TPSA) is 34.1 Å². The van der Waals surface area contributed by atoms with Gasteiger partial charge in [-0.1, -0.05) is 86.9 Å². The molecule has 0 spiro atoms. The predicted octanol–water partition coefficient (Wildman–Crippen LogP) is 9.63. The van der Waals surface area contributed by atoms with Crippen LogP contribution in [-0.4, -0.2) is 11.6 Å². The quantitative estimate of drug-likeness (QED) is 0.299. The molecule has 0 radical (unpaired) electrons. The molecule has 1 aromatic carbocycles. The number of allylic oxidation sites excluding steroid dienone is 8. The fourth-order valence-corrected chi connectivity index (χ4v) is 4.75. The molecule has 0 amide bonds. The summed E-state index contributed by atoms with van der Waals surface area (Å²) in [4.78, 5) is 25.8. The van der Waals surface area contributed by atoms with Gasteiger partial charge in [0.15, 0.2) is 11.6 Å². The maximum atomic E-state index is 13.1. The van der Waals surface area contributed by atoms with Gasteiger partial charge in [-0.2, -0.15) is 0 Å². The van der Waals surface area contributed by atoms with Crippen LogP contribution in [0.15, 0.2) is 70.4 Å². The van der Waals surface area contributed by atoms with Crippen molar-refractivity contribution in [2.75, 3.05) is 0 Å². The van der Waals surface area contributed by atoms with Crippen molar-refractivity contribution < 1.29 is 9.59 Å². The molecule has 1 unspecified atom stereocenters. The molecule has 2 heteroatoms. The van der Waals surface area contributed by atoms with Gasteiger partial charge in [-0.25, -0.2) is 0 Å². The van der Waals surface area contributed by atoms with Crippen molar-refractivity contribution in [3.8, 4) is 0 Å². The van der Waals surface area contributed by atoms with Gasteiger partial charge in [0.1, 0.15) is 0 Å². The van der Waals surface area contributed by atoms with E-state index in [9.17, 15) is 9.59 Å². The first-order valence-electron chi connectivity index (χ1n) is 13.2. The summed E-state index contributed by atoms with van der Waals surface area (Å²) >= 11 is 0. The highest BCUT2D eigenvalue weighted by atomic mass is 16.1. The summed E-state index contributed by atoms with van der Waals surface area (Å²) in [6.45, 7) is 19.8. The smallest absolute Gasteiger partial charge is 0.190 e. The zero-order valence-corrected chi connectivity index (χ0v) is 23.6. The first-order valence-corrected chi connectivity index (χ1v) is 13.2. The van der Waals surface area contributed by atoms with Crippen LogP contribution in [0.1, 0.15) is 122 Å². The number of rotatable bonds is 11. The largest absolute Gasteiger partial charge is 0.289 e. The minimum Gasteiger partial charge on any atom is -0.289 e. The van der Waals surface area contributed by atoms with Gasteiger partial charge in [-0.15, -0.1) is 0 Å². The lowest BCUT2D eigenvalue weighted by atomic mass is 9.75. The van der Waals surface area contributed by atoms with E-state index in [4.69, 9.17) is 0 Å². The van der Waals surface area contributed by atoms with Crippen molar-refractivity contribution in [3.63, 3.8) is 0 Å². The third kappa shape index (κ3) is 7.03. The second kappa shape index (κ2) is 12.0. The molecule has 0 saturated carbocycles. The summed E-state index contributed by atoms with van der Waals surface area (Å²) in [7, 11) is 0. The third-order valence-corrected chi connectivity index (χ3v) is 8.36. The van der Waals surface area contributed by atoms with Gasteiger partial charge in [0.05, 0.1) is 0 Å². The number of hydrogen-bond donors (Lipinski definition) is 0. The van der Waals surface area contributed by atoms with E-state index in [1.807, 2.05) is 12.1 Å². The van der Waals surface area contributed by atoms with Crippen molar-refractivity contribution in [1.29, 1.82) is 0 Å². The van der Waals surface area contributed by atoms with Crippen LogP contribution in [0.3, 0.4) is 0 Å². The fraction of sp³-hybridized carbons (Fsp3) is 0.515. The Kier molecular flexibility index (Phi) is 9.84. The molecule has 35 heavy (non-hydrogen) atoms. The van der Waals surface area contributed by atoms with E-state index in [1.165, 1.54) is 23.1 Å². The Morgan fingerprint density at radius 2 is 1.37 bits per heavy atom. The predicted molar refractivity (Wildman–Crippen MR) is 150 cm³/mol. The van der Waals surface area contributed by atoms with Crippen LogP contribution in [-0.2, 0) is 0 Å². The lowest BCUT2D eigenvalue weighted by Gasteiger charge is -2.30. The average molecular weight is 475 g/mol. The molecule has 0 saturated heterocycles. The van der Waals surface area contributed by atoms with Crippen molar-refractivity contribution in [1.82, 2.24) is 0 Å². The molecule has 0 N–H and O–H groups in total. The minimum absolute atomic E-state index is 0.00919. The first-order chi connectivity index (χ1) is 16.3. The number of benzene rings is 1. The minimum atomic E-state index is -0.0234. The maximum Gasteiger partial charge on any atom is 0.190 e. The van der Waals surface area contributed by atoms with Crippen molar-refractivity contribution in [2.45, 2.75) is 101 Å². The Labute approximate surface area is 214 Å². The van der Waals surface area contributed by atoms with E-state index < -0.39 is 0 Å². The van der Waals surface area contributed by atoms with Gasteiger partial charge in [-0.3, -0.25) is 9.59 Å². The lowest BCUT2D eigenvalue weighted by Crippen LogP contribution is -2.21. The van der Waals surface area contributed by atoms with Crippen molar-refractivity contribution in [2.24, 2.45) is 10.8 Å². The molecular formula is C33H46O2. The Bertz CT molecular complexity index is 1070. The molecule has 1 aromatic rings. The van der Waals surface area contributed by atoms with Crippen molar-refractivity contribution in [3.05, 3.63) is 81.5 Å². The molecule has 0 aliphatic heterocycles.